The Bertz CT molecular complexity index is 406. The lowest BCUT2D eigenvalue weighted by Crippen LogP contribution is -2.46. The molecule has 0 amide bonds. The van der Waals surface area contributed by atoms with Crippen molar-refractivity contribution < 1.29 is 0 Å². The van der Waals surface area contributed by atoms with Crippen molar-refractivity contribution in [3.63, 3.8) is 0 Å². The summed E-state index contributed by atoms with van der Waals surface area (Å²) >= 11 is 0. The molecular formula is C17H28N2. The Balaban J connectivity index is 2.10. The van der Waals surface area contributed by atoms with Gasteiger partial charge in [-0.3, -0.25) is 0 Å². The van der Waals surface area contributed by atoms with Crippen molar-refractivity contribution >= 4 is 5.69 Å². The molecule has 0 spiro atoms. The van der Waals surface area contributed by atoms with Crippen LogP contribution in [0.25, 0.3) is 0 Å². The second kappa shape index (κ2) is 5.96. The summed E-state index contributed by atoms with van der Waals surface area (Å²) in [6, 6.07) is 9.45. The summed E-state index contributed by atoms with van der Waals surface area (Å²) < 4.78 is 0. The SMILES string of the molecule is CC(CNC(C)(C)C)N1CCCCc2ccccc21. The molecular weight excluding hydrogens is 232 g/mol. The Morgan fingerprint density at radius 2 is 1.95 bits per heavy atom. The van der Waals surface area contributed by atoms with Gasteiger partial charge < -0.3 is 10.2 Å². The van der Waals surface area contributed by atoms with Crippen LogP contribution in [-0.4, -0.2) is 24.7 Å². The number of anilines is 1. The van der Waals surface area contributed by atoms with E-state index >= 15 is 0 Å². The molecule has 1 aromatic rings. The summed E-state index contributed by atoms with van der Waals surface area (Å²) in [4.78, 5) is 2.58. The molecule has 2 rings (SSSR count). The van der Waals surface area contributed by atoms with Gasteiger partial charge in [-0.25, -0.2) is 0 Å². The van der Waals surface area contributed by atoms with E-state index in [2.05, 4.69) is 62.2 Å². The van der Waals surface area contributed by atoms with Gasteiger partial charge >= 0.3 is 0 Å². The third-order valence-corrected chi connectivity index (χ3v) is 3.86. The van der Waals surface area contributed by atoms with Gasteiger partial charge in [0.25, 0.3) is 0 Å². The number of nitrogens with one attached hydrogen (secondary N) is 1. The predicted molar refractivity (Wildman–Crippen MR) is 83.9 cm³/mol. The van der Waals surface area contributed by atoms with Crippen molar-refractivity contribution in [1.82, 2.24) is 5.32 Å². The second-order valence-corrected chi connectivity index (χ2v) is 6.76. The third kappa shape index (κ3) is 3.97. The van der Waals surface area contributed by atoms with Crippen molar-refractivity contribution in [2.75, 3.05) is 18.0 Å². The fourth-order valence-corrected chi connectivity index (χ4v) is 2.74. The highest BCUT2D eigenvalue weighted by molar-refractivity contribution is 5.55. The molecule has 0 radical (unpaired) electrons. The number of hydrogen-bond acceptors (Lipinski definition) is 2. The zero-order valence-electron chi connectivity index (χ0n) is 12.9. The molecule has 0 aliphatic carbocycles. The number of fused-ring (bicyclic) bond motifs is 1. The van der Waals surface area contributed by atoms with Gasteiger partial charge in [-0.15, -0.1) is 0 Å². The molecule has 0 aromatic heterocycles. The first kappa shape index (κ1) is 14.4. The molecule has 2 heteroatoms. The molecule has 0 fully saturated rings. The minimum absolute atomic E-state index is 0.194. The van der Waals surface area contributed by atoms with Crippen LogP contribution in [0.3, 0.4) is 0 Å². The minimum atomic E-state index is 0.194. The van der Waals surface area contributed by atoms with Crippen LogP contribution in [0.2, 0.25) is 0 Å². The quantitative estimate of drug-likeness (QED) is 0.893. The molecule has 19 heavy (non-hydrogen) atoms. The number of aryl methyl sites for hydroxylation is 1. The minimum Gasteiger partial charge on any atom is -0.367 e. The normalized spacial score (nSPS) is 17.8. The van der Waals surface area contributed by atoms with E-state index in [1.165, 1.54) is 37.1 Å². The highest BCUT2D eigenvalue weighted by atomic mass is 15.2. The first-order valence-electron chi connectivity index (χ1n) is 7.57. The van der Waals surface area contributed by atoms with Gasteiger partial charge in [0.1, 0.15) is 0 Å². The van der Waals surface area contributed by atoms with Crippen molar-refractivity contribution in [3.05, 3.63) is 29.8 Å². The van der Waals surface area contributed by atoms with Crippen LogP contribution in [0.1, 0.15) is 46.1 Å². The van der Waals surface area contributed by atoms with Crippen LogP contribution in [0.4, 0.5) is 5.69 Å². The van der Waals surface area contributed by atoms with Gasteiger partial charge in [0.15, 0.2) is 0 Å². The van der Waals surface area contributed by atoms with Crippen LogP contribution in [0.15, 0.2) is 24.3 Å². The molecule has 0 saturated carbocycles. The Morgan fingerprint density at radius 1 is 1.21 bits per heavy atom. The molecule has 1 aliphatic heterocycles. The Kier molecular flexibility index (Phi) is 4.51. The van der Waals surface area contributed by atoms with E-state index in [1.54, 1.807) is 0 Å². The fraction of sp³-hybridized carbons (Fsp3) is 0.647. The molecule has 1 aliphatic rings. The predicted octanol–water partition coefficient (Wildman–Crippen LogP) is 3.61. The summed E-state index contributed by atoms with van der Waals surface area (Å²) in [6.07, 6.45) is 3.84. The van der Waals surface area contributed by atoms with Crippen LogP contribution in [0, 0.1) is 0 Å². The summed E-state index contributed by atoms with van der Waals surface area (Å²) in [5.74, 6) is 0. The molecule has 0 bridgehead atoms. The number of hydrogen-bond donors (Lipinski definition) is 1. The topological polar surface area (TPSA) is 15.3 Å². The van der Waals surface area contributed by atoms with Gasteiger partial charge in [-0.1, -0.05) is 18.2 Å². The van der Waals surface area contributed by atoms with Crippen LogP contribution in [-0.2, 0) is 6.42 Å². The second-order valence-electron chi connectivity index (χ2n) is 6.76. The number of para-hydroxylation sites is 1. The van der Waals surface area contributed by atoms with E-state index in [1.807, 2.05) is 0 Å². The summed E-state index contributed by atoms with van der Waals surface area (Å²) in [7, 11) is 0. The lowest BCUT2D eigenvalue weighted by Gasteiger charge is -2.34. The largest absolute Gasteiger partial charge is 0.367 e. The maximum Gasteiger partial charge on any atom is 0.0401 e. The molecule has 1 atom stereocenters. The lowest BCUT2D eigenvalue weighted by atomic mass is 10.1. The van der Waals surface area contributed by atoms with Crippen molar-refractivity contribution in [2.24, 2.45) is 0 Å². The van der Waals surface area contributed by atoms with E-state index < -0.39 is 0 Å². The summed E-state index contributed by atoms with van der Waals surface area (Å²) in [5.41, 5.74) is 3.16. The van der Waals surface area contributed by atoms with Gasteiger partial charge in [0, 0.05) is 30.4 Å². The molecule has 1 N–H and O–H groups in total. The molecule has 1 aromatic carbocycles. The van der Waals surface area contributed by atoms with Gasteiger partial charge in [-0.2, -0.15) is 0 Å². The first-order chi connectivity index (χ1) is 8.97. The van der Waals surface area contributed by atoms with Gasteiger partial charge in [0.05, 0.1) is 0 Å². The summed E-state index contributed by atoms with van der Waals surface area (Å²) in [6.45, 7) is 11.3. The van der Waals surface area contributed by atoms with Gasteiger partial charge in [0.2, 0.25) is 0 Å². The summed E-state index contributed by atoms with van der Waals surface area (Å²) in [5, 5.41) is 3.63. The van der Waals surface area contributed by atoms with Crippen molar-refractivity contribution in [3.8, 4) is 0 Å². The zero-order chi connectivity index (χ0) is 13.9. The van der Waals surface area contributed by atoms with E-state index in [-0.39, 0.29) is 5.54 Å². The standard InChI is InChI=1S/C17H28N2/c1-14(13-18-17(2,3)4)19-12-8-7-10-15-9-5-6-11-16(15)19/h5-6,9,11,14,18H,7-8,10,12-13H2,1-4H3. The Morgan fingerprint density at radius 3 is 2.68 bits per heavy atom. The molecule has 106 valence electrons. The number of benzene rings is 1. The zero-order valence-corrected chi connectivity index (χ0v) is 12.9. The number of rotatable bonds is 3. The highest BCUT2D eigenvalue weighted by Gasteiger charge is 2.20. The van der Waals surface area contributed by atoms with E-state index in [9.17, 15) is 0 Å². The Hall–Kier alpha value is -1.02. The van der Waals surface area contributed by atoms with Crippen molar-refractivity contribution in [1.29, 1.82) is 0 Å². The fourth-order valence-electron chi connectivity index (χ4n) is 2.74. The average molecular weight is 260 g/mol. The van der Waals surface area contributed by atoms with Gasteiger partial charge in [-0.05, 0) is 58.6 Å². The average Bonchev–Trinajstić information content (AvgIpc) is 2.57. The smallest absolute Gasteiger partial charge is 0.0401 e. The number of nitrogens with zero attached hydrogens (tertiary/aromatic N) is 1. The van der Waals surface area contributed by atoms with E-state index in [0.717, 1.165) is 6.54 Å². The molecule has 1 heterocycles. The molecule has 1 unspecified atom stereocenters. The lowest BCUT2D eigenvalue weighted by molar-refractivity contribution is 0.404. The van der Waals surface area contributed by atoms with Crippen LogP contribution in [0.5, 0.6) is 0 Å². The van der Waals surface area contributed by atoms with E-state index in [0.29, 0.717) is 6.04 Å². The van der Waals surface area contributed by atoms with Crippen LogP contribution < -0.4 is 10.2 Å². The molecule has 2 nitrogen and oxygen atoms in total. The van der Waals surface area contributed by atoms with Crippen LogP contribution >= 0.6 is 0 Å². The Labute approximate surface area is 118 Å². The first-order valence-corrected chi connectivity index (χ1v) is 7.57. The highest BCUT2D eigenvalue weighted by Crippen LogP contribution is 2.27. The maximum absolute atomic E-state index is 3.63. The van der Waals surface area contributed by atoms with Crippen molar-refractivity contribution in [2.45, 2.75) is 58.5 Å². The monoisotopic (exact) mass is 260 g/mol. The van der Waals surface area contributed by atoms with E-state index in [4.69, 9.17) is 0 Å². The molecule has 0 saturated heterocycles. The third-order valence-electron chi connectivity index (χ3n) is 3.86. The maximum atomic E-state index is 3.63.